The molecule has 2 aromatic heterocycles. The molecule has 5 aromatic rings. The van der Waals surface area contributed by atoms with E-state index in [0.717, 1.165) is 21.3 Å². The standard InChI is InChI=1S/C29H24N2O6S/c1-14-10-15(2)23-21(11-14)38-29(30-23)31-24(16-12-19(34-3)26(36-5)20(13-16)35-4)22-25(32)17-8-6-7-9-18(17)37-27(22)28(31)33/h6-13,24H,1-5H3/t24-/m1/s1. The van der Waals surface area contributed by atoms with Crippen molar-refractivity contribution < 1.29 is 23.4 Å². The molecule has 3 aromatic carbocycles. The summed E-state index contributed by atoms with van der Waals surface area (Å²) < 4.78 is 23.7. The number of para-hydroxylation sites is 1. The number of carbonyl (C=O) groups is 1. The third-order valence-electron chi connectivity index (χ3n) is 6.81. The van der Waals surface area contributed by atoms with E-state index in [-0.39, 0.29) is 16.8 Å². The first-order valence-corrected chi connectivity index (χ1v) is 12.7. The van der Waals surface area contributed by atoms with Gasteiger partial charge in [0.1, 0.15) is 5.58 Å². The quantitative estimate of drug-likeness (QED) is 0.285. The third kappa shape index (κ3) is 3.46. The van der Waals surface area contributed by atoms with Crippen molar-refractivity contribution in [3.05, 3.63) is 86.8 Å². The van der Waals surface area contributed by atoms with Crippen LogP contribution in [0.3, 0.4) is 0 Å². The van der Waals surface area contributed by atoms with Gasteiger partial charge < -0.3 is 18.6 Å². The highest BCUT2D eigenvalue weighted by atomic mass is 32.1. The Morgan fingerprint density at radius 3 is 2.34 bits per heavy atom. The summed E-state index contributed by atoms with van der Waals surface area (Å²) in [5, 5.41) is 0.862. The number of amides is 1. The zero-order chi connectivity index (χ0) is 26.7. The molecule has 8 nitrogen and oxygen atoms in total. The Kier molecular flexibility index (Phi) is 5.61. The molecule has 0 radical (unpaired) electrons. The highest BCUT2D eigenvalue weighted by molar-refractivity contribution is 7.22. The molecule has 0 unspecified atom stereocenters. The molecule has 0 saturated carbocycles. The number of benzene rings is 3. The molecule has 1 aliphatic heterocycles. The Hall–Kier alpha value is -4.37. The van der Waals surface area contributed by atoms with Crippen LogP contribution in [0.25, 0.3) is 21.2 Å². The Balaban J connectivity index is 1.67. The highest BCUT2D eigenvalue weighted by Crippen LogP contribution is 2.47. The summed E-state index contributed by atoms with van der Waals surface area (Å²) in [4.78, 5) is 34.3. The number of thiazole rings is 1. The van der Waals surface area contributed by atoms with Crippen LogP contribution in [0.1, 0.15) is 38.9 Å². The maximum Gasteiger partial charge on any atom is 0.297 e. The molecular formula is C29H24N2O6S. The molecule has 0 fully saturated rings. The van der Waals surface area contributed by atoms with Gasteiger partial charge in [0.2, 0.25) is 11.5 Å². The highest BCUT2D eigenvalue weighted by Gasteiger charge is 2.45. The van der Waals surface area contributed by atoms with Gasteiger partial charge in [-0.3, -0.25) is 14.5 Å². The normalized spacial score (nSPS) is 14.8. The number of methoxy groups -OCH3 is 3. The van der Waals surface area contributed by atoms with E-state index in [0.29, 0.717) is 38.9 Å². The second kappa shape index (κ2) is 8.88. The fraction of sp³-hybridized carbons (Fsp3) is 0.207. The minimum absolute atomic E-state index is 0.000361. The molecule has 9 heteroatoms. The van der Waals surface area contributed by atoms with Gasteiger partial charge in [-0.2, -0.15) is 0 Å². The van der Waals surface area contributed by atoms with Crippen molar-refractivity contribution in [1.82, 2.24) is 4.98 Å². The van der Waals surface area contributed by atoms with Gasteiger partial charge in [0, 0.05) is 0 Å². The van der Waals surface area contributed by atoms with Crippen LogP contribution < -0.4 is 24.5 Å². The van der Waals surface area contributed by atoms with Crippen molar-refractivity contribution in [3.8, 4) is 17.2 Å². The summed E-state index contributed by atoms with van der Waals surface area (Å²) >= 11 is 1.40. The summed E-state index contributed by atoms with van der Waals surface area (Å²) in [5.41, 5.74) is 3.85. The minimum Gasteiger partial charge on any atom is -0.493 e. The third-order valence-corrected chi connectivity index (χ3v) is 7.81. The van der Waals surface area contributed by atoms with Gasteiger partial charge in [0.25, 0.3) is 5.91 Å². The topological polar surface area (TPSA) is 91.1 Å². The Labute approximate surface area is 222 Å². The lowest BCUT2D eigenvalue weighted by Gasteiger charge is -2.24. The molecule has 192 valence electrons. The SMILES string of the molecule is COc1cc([C@@H]2c3c(oc4ccccc4c3=O)C(=O)N2c2nc3c(C)cc(C)cc3s2)cc(OC)c1OC. The predicted molar refractivity (Wildman–Crippen MR) is 146 cm³/mol. The first kappa shape index (κ1) is 24.0. The van der Waals surface area contributed by atoms with Crippen molar-refractivity contribution >= 4 is 43.6 Å². The Bertz CT molecular complexity index is 1800. The van der Waals surface area contributed by atoms with Gasteiger partial charge in [-0.15, -0.1) is 0 Å². The van der Waals surface area contributed by atoms with E-state index >= 15 is 0 Å². The molecule has 0 spiro atoms. The Morgan fingerprint density at radius 2 is 1.66 bits per heavy atom. The summed E-state index contributed by atoms with van der Waals surface area (Å²) in [7, 11) is 4.56. The number of nitrogens with zero attached hydrogens (tertiary/aromatic N) is 2. The van der Waals surface area contributed by atoms with Crippen LogP contribution in [-0.4, -0.2) is 32.2 Å². The van der Waals surface area contributed by atoms with Crippen molar-refractivity contribution in [2.75, 3.05) is 26.2 Å². The molecule has 1 atom stereocenters. The molecule has 0 saturated heterocycles. The van der Waals surface area contributed by atoms with Crippen molar-refractivity contribution in [2.45, 2.75) is 19.9 Å². The number of ether oxygens (including phenoxy) is 3. The van der Waals surface area contributed by atoms with E-state index in [1.54, 1.807) is 36.4 Å². The van der Waals surface area contributed by atoms with E-state index in [9.17, 15) is 9.59 Å². The molecule has 0 N–H and O–H groups in total. The van der Waals surface area contributed by atoms with Gasteiger partial charge in [0.05, 0.1) is 48.5 Å². The van der Waals surface area contributed by atoms with Crippen molar-refractivity contribution in [3.63, 3.8) is 0 Å². The number of aromatic nitrogens is 1. The molecule has 6 rings (SSSR count). The van der Waals surface area contributed by atoms with Gasteiger partial charge in [0.15, 0.2) is 22.1 Å². The first-order valence-electron chi connectivity index (χ1n) is 11.9. The number of carbonyl (C=O) groups excluding carboxylic acids is 1. The fourth-order valence-electron chi connectivity index (χ4n) is 5.15. The fourth-order valence-corrected chi connectivity index (χ4v) is 6.32. The maximum atomic E-state index is 14.0. The minimum atomic E-state index is -0.825. The van der Waals surface area contributed by atoms with Crippen LogP contribution in [0.5, 0.6) is 17.2 Å². The zero-order valence-electron chi connectivity index (χ0n) is 21.4. The van der Waals surface area contributed by atoms with Crippen LogP contribution in [0, 0.1) is 13.8 Å². The summed E-state index contributed by atoms with van der Waals surface area (Å²) in [6.45, 7) is 4.02. The lowest BCUT2D eigenvalue weighted by molar-refractivity contribution is 0.0971. The van der Waals surface area contributed by atoms with Crippen molar-refractivity contribution in [2.24, 2.45) is 0 Å². The van der Waals surface area contributed by atoms with Gasteiger partial charge in [-0.1, -0.05) is 29.5 Å². The smallest absolute Gasteiger partial charge is 0.297 e. The number of aryl methyl sites for hydroxylation is 2. The average molecular weight is 529 g/mol. The van der Waals surface area contributed by atoms with Gasteiger partial charge >= 0.3 is 0 Å². The number of hydrogen-bond donors (Lipinski definition) is 0. The van der Waals surface area contributed by atoms with E-state index in [4.69, 9.17) is 23.6 Å². The van der Waals surface area contributed by atoms with E-state index in [1.165, 1.54) is 37.6 Å². The second-order valence-corrected chi connectivity index (χ2v) is 10.1. The lowest BCUT2D eigenvalue weighted by atomic mass is 9.98. The molecular weight excluding hydrogens is 504 g/mol. The van der Waals surface area contributed by atoms with Crippen LogP contribution >= 0.6 is 11.3 Å². The largest absolute Gasteiger partial charge is 0.493 e. The molecule has 3 heterocycles. The van der Waals surface area contributed by atoms with Crippen LogP contribution in [0.2, 0.25) is 0 Å². The van der Waals surface area contributed by atoms with Crippen LogP contribution in [0.15, 0.2) is 57.7 Å². The molecule has 0 aliphatic carbocycles. The molecule has 38 heavy (non-hydrogen) atoms. The molecule has 0 bridgehead atoms. The van der Waals surface area contributed by atoms with Crippen LogP contribution in [0.4, 0.5) is 5.13 Å². The van der Waals surface area contributed by atoms with Crippen molar-refractivity contribution in [1.29, 1.82) is 0 Å². The summed E-state index contributed by atoms with van der Waals surface area (Å²) in [6, 6.07) is 13.7. The predicted octanol–water partition coefficient (Wildman–Crippen LogP) is 5.80. The number of anilines is 1. The number of hydrogen-bond acceptors (Lipinski definition) is 8. The van der Waals surface area contributed by atoms with Gasteiger partial charge in [-0.05, 0) is 60.9 Å². The first-order chi connectivity index (χ1) is 18.4. The Morgan fingerprint density at radius 1 is 0.947 bits per heavy atom. The van der Waals surface area contributed by atoms with E-state index in [1.807, 2.05) is 19.9 Å². The summed E-state index contributed by atoms with van der Waals surface area (Å²) in [5.74, 6) is 0.786. The number of rotatable bonds is 5. The summed E-state index contributed by atoms with van der Waals surface area (Å²) in [6.07, 6.45) is 0. The van der Waals surface area contributed by atoms with E-state index < -0.39 is 11.9 Å². The zero-order valence-corrected chi connectivity index (χ0v) is 22.3. The van der Waals surface area contributed by atoms with E-state index in [2.05, 4.69) is 6.07 Å². The maximum absolute atomic E-state index is 14.0. The monoisotopic (exact) mass is 528 g/mol. The lowest BCUT2D eigenvalue weighted by Crippen LogP contribution is -2.29. The number of fused-ring (bicyclic) bond motifs is 3. The molecule has 1 aliphatic rings. The molecule has 1 amide bonds. The second-order valence-electron chi connectivity index (χ2n) is 9.13. The van der Waals surface area contributed by atoms with Gasteiger partial charge in [-0.25, -0.2) is 4.98 Å². The average Bonchev–Trinajstić information content (AvgIpc) is 3.46. The van der Waals surface area contributed by atoms with Crippen LogP contribution in [-0.2, 0) is 0 Å².